The Hall–Kier alpha value is -1.07. The molecule has 0 aliphatic carbocycles. The Morgan fingerprint density at radius 2 is 2.31 bits per heavy atom. The Morgan fingerprint density at radius 1 is 1.56 bits per heavy atom. The molecule has 0 spiro atoms. The van der Waals surface area contributed by atoms with Crippen molar-refractivity contribution in [2.45, 2.75) is 32.4 Å². The molecule has 3 N–H and O–H groups in total. The molecule has 1 saturated heterocycles. The lowest BCUT2D eigenvalue weighted by Crippen LogP contribution is -2.60. The molecular weight excluding hydrogens is 204 g/mol. The number of hydrogen-bond acceptors (Lipinski definition) is 5. The Morgan fingerprint density at radius 3 is 2.94 bits per heavy atom. The smallest absolute Gasteiger partial charge is 0.163 e. The maximum Gasteiger partial charge on any atom is 0.163 e. The summed E-state index contributed by atoms with van der Waals surface area (Å²) in [6.07, 6.45) is 4.52. The zero-order valence-electron chi connectivity index (χ0n) is 10.0. The lowest BCUT2D eigenvalue weighted by atomic mass is 9.94. The molecular formula is C11H19N4O. The van der Waals surface area contributed by atoms with E-state index in [0.29, 0.717) is 6.17 Å². The van der Waals surface area contributed by atoms with E-state index in [4.69, 9.17) is 10.5 Å². The van der Waals surface area contributed by atoms with Crippen molar-refractivity contribution < 1.29 is 4.74 Å². The number of nitrogens with zero attached hydrogens (tertiary/aromatic N) is 2. The second-order valence-corrected chi connectivity index (χ2v) is 4.69. The van der Waals surface area contributed by atoms with Crippen LogP contribution in [0.2, 0.25) is 0 Å². The van der Waals surface area contributed by atoms with E-state index < -0.39 is 0 Å². The van der Waals surface area contributed by atoms with Gasteiger partial charge in [0.2, 0.25) is 0 Å². The second-order valence-electron chi connectivity index (χ2n) is 4.69. The van der Waals surface area contributed by atoms with Gasteiger partial charge >= 0.3 is 0 Å². The molecule has 2 aliphatic rings. The Balaban J connectivity index is 2.17. The summed E-state index contributed by atoms with van der Waals surface area (Å²) in [4.78, 5) is 2.25. The molecule has 0 saturated carbocycles. The number of ether oxygens (including phenoxy) is 1. The fourth-order valence-corrected chi connectivity index (χ4v) is 1.95. The van der Waals surface area contributed by atoms with Gasteiger partial charge in [-0.25, -0.2) is 0 Å². The van der Waals surface area contributed by atoms with E-state index in [2.05, 4.69) is 36.2 Å². The molecule has 0 amide bonds. The van der Waals surface area contributed by atoms with Crippen molar-refractivity contribution in [2.24, 2.45) is 10.8 Å². The summed E-state index contributed by atoms with van der Waals surface area (Å²) < 4.78 is 5.66. The van der Waals surface area contributed by atoms with Crippen LogP contribution in [-0.4, -0.2) is 35.5 Å². The van der Waals surface area contributed by atoms with Crippen molar-refractivity contribution in [1.29, 1.82) is 0 Å². The lowest BCUT2D eigenvalue weighted by molar-refractivity contribution is -0.0741. The average molecular weight is 223 g/mol. The molecule has 2 heterocycles. The third kappa shape index (κ3) is 1.92. The highest BCUT2D eigenvalue weighted by atomic mass is 16.5. The van der Waals surface area contributed by atoms with Crippen LogP contribution in [0.5, 0.6) is 0 Å². The van der Waals surface area contributed by atoms with Crippen molar-refractivity contribution in [3.05, 3.63) is 18.3 Å². The molecule has 16 heavy (non-hydrogen) atoms. The first-order valence-corrected chi connectivity index (χ1v) is 5.55. The average Bonchev–Trinajstić information content (AvgIpc) is 2.24. The molecule has 1 atom stereocenters. The monoisotopic (exact) mass is 223 g/mol. The molecule has 0 aromatic carbocycles. The minimum absolute atomic E-state index is 0.0603. The topological polar surface area (TPSA) is 62.9 Å². The summed E-state index contributed by atoms with van der Waals surface area (Å²) in [5.41, 5.74) is 8.32. The number of amidine groups is 1. The van der Waals surface area contributed by atoms with E-state index in [-0.39, 0.29) is 11.6 Å². The molecule has 1 radical (unpaired) electrons. The minimum Gasteiger partial charge on any atom is -0.374 e. The largest absolute Gasteiger partial charge is 0.374 e. The van der Waals surface area contributed by atoms with Crippen molar-refractivity contribution >= 4 is 5.84 Å². The maximum absolute atomic E-state index is 5.66. The van der Waals surface area contributed by atoms with Gasteiger partial charge in [-0.1, -0.05) is 0 Å². The van der Waals surface area contributed by atoms with Crippen LogP contribution in [0.1, 0.15) is 20.8 Å². The maximum atomic E-state index is 5.66. The van der Waals surface area contributed by atoms with E-state index in [1.54, 1.807) is 0 Å². The highest BCUT2D eigenvalue weighted by Gasteiger charge is 2.38. The number of rotatable bonds is 0. The van der Waals surface area contributed by atoms with Crippen molar-refractivity contribution in [3.63, 3.8) is 0 Å². The second kappa shape index (κ2) is 4.07. The summed E-state index contributed by atoms with van der Waals surface area (Å²) in [7, 11) is 0. The van der Waals surface area contributed by atoms with Gasteiger partial charge < -0.3 is 15.4 Å². The molecule has 5 nitrogen and oxygen atoms in total. The van der Waals surface area contributed by atoms with Gasteiger partial charge in [0.15, 0.2) is 6.17 Å². The van der Waals surface area contributed by atoms with E-state index >= 15 is 0 Å². The van der Waals surface area contributed by atoms with Crippen LogP contribution >= 0.6 is 0 Å². The van der Waals surface area contributed by atoms with Gasteiger partial charge in [0.1, 0.15) is 5.84 Å². The first-order valence-electron chi connectivity index (χ1n) is 5.55. The van der Waals surface area contributed by atoms with E-state index in [1.807, 2.05) is 12.2 Å². The van der Waals surface area contributed by atoms with Crippen molar-refractivity contribution in [3.8, 4) is 0 Å². The van der Waals surface area contributed by atoms with Crippen LogP contribution in [-0.2, 0) is 4.74 Å². The molecule has 89 valence electrons. The predicted octanol–water partition coefficient (Wildman–Crippen LogP) is 0.407. The van der Waals surface area contributed by atoms with Crippen LogP contribution in [0, 0.1) is 6.17 Å². The first kappa shape index (κ1) is 11.4. The van der Waals surface area contributed by atoms with E-state index in [1.165, 1.54) is 0 Å². The van der Waals surface area contributed by atoms with Crippen molar-refractivity contribution in [1.82, 2.24) is 10.3 Å². The highest BCUT2D eigenvalue weighted by molar-refractivity contribution is 5.94. The Kier molecular flexibility index (Phi) is 2.90. The number of nitrogens with one attached hydrogen (secondary N) is 1. The third-order valence-electron chi connectivity index (χ3n) is 3.36. The van der Waals surface area contributed by atoms with Crippen LogP contribution in [0.15, 0.2) is 17.3 Å². The molecule has 1 fully saturated rings. The minimum atomic E-state index is -0.0603. The molecule has 5 heteroatoms. The van der Waals surface area contributed by atoms with Crippen LogP contribution in [0.3, 0.4) is 0 Å². The molecule has 0 aromatic rings. The van der Waals surface area contributed by atoms with E-state index in [9.17, 15) is 0 Å². The lowest BCUT2D eigenvalue weighted by Gasteiger charge is -2.47. The molecule has 1 unspecified atom stereocenters. The third-order valence-corrected chi connectivity index (χ3v) is 3.36. The number of hydrogen-bond donors (Lipinski definition) is 2. The van der Waals surface area contributed by atoms with Gasteiger partial charge in [-0.05, 0) is 32.9 Å². The quantitative estimate of drug-likeness (QED) is 0.624. The van der Waals surface area contributed by atoms with Gasteiger partial charge in [-0.3, -0.25) is 5.43 Å². The van der Waals surface area contributed by atoms with Gasteiger partial charge in [-0.15, -0.1) is 0 Å². The molecule has 0 aromatic heterocycles. The summed E-state index contributed by atoms with van der Waals surface area (Å²) in [5, 5.41) is 4.25. The number of hydrazone groups is 1. The fourth-order valence-electron chi connectivity index (χ4n) is 1.95. The van der Waals surface area contributed by atoms with E-state index in [0.717, 1.165) is 19.0 Å². The van der Waals surface area contributed by atoms with Crippen LogP contribution in [0.4, 0.5) is 0 Å². The van der Waals surface area contributed by atoms with Crippen molar-refractivity contribution in [2.75, 3.05) is 13.2 Å². The SMILES string of the molecule is CC1OCCN(C2=NN[C](N)C=C2)C1(C)C. The summed E-state index contributed by atoms with van der Waals surface area (Å²) >= 11 is 0. The summed E-state index contributed by atoms with van der Waals surface area (Å²) in [5.74, 6) is 0.911. The normalized spacial score (nSPS) is 29.9. The molecule has 2 aliphatic heterocycles. The first-order chi connectivity index (χ1) is 7.51. The molecule has 2 rings (SSSR count). The van der Waals surface area contributed by atoms with Crippen LogP contribution in [0.25, 0.3) is 0 Å². The predicted molar refractivity (Wildman–Crippen MR) is 63.3 cm³/mol. The van der Waals surface area contributed by atoms with Gasteiger partial charge in [0.25, 0.3) is 0 Å². The summed E-state index contributed by atoms with van der Waals surface area (Å²) in [6, 6.07) is 0. The zero-order valence-corrected chi connectivity index (χ0v) is 10.0. The fraction of sp³-hybridized carbons (Fsp3) is 0.636. The molecule has 0 bridgehead atoms. The standard InChI is InChI=1S/C11H19N4O/c1-8-11(2,3)15(6-7-16-8)10-5-4-9(12)13-14-10/h4-5,8,13H,6-7,12H2,1-3H3. The van der Waals surface area contributed by atoms with Gasteiger partial charge in [0.05, 0.1) is 18.2 Å². The highest BCUT2D eigenvalue weighted by Crippen LogP contribution is 2.26. The van der Waals surface area contributed by atoms with Crippen LogP contribution < -0.4 is 11.2 Å². The Labute approximate surface area is 96.3 Å². The zero-order chi connectivity index (χ0) is 11.8. The van der Waals surface area contributed by atoms with Gasteiger partial charge in [-0.2, -0.15) is 5.10 Å². The van der Waals surface area contributed by atoms with Gasteiger partial charge in [0, 0.05) is 6.54 Å². The summed E-state index contributed by atoms with van der Waals surface area (Å²) in [6.45, 7) is 8.00. The number of nitrogens with two attached hydrogens (primary N) is 1. The Bertz CT molecular complexity index is 324. The number of morpholine rings is 1.